The van der Waals surface area contributed by atoms with Crippen molar-refractivity contribution in [2.45, 2.75) is 11.8 Å². The number of H-pyrrole nitrogens is 1. The number of ether oxygens (including phenoxy) is 1. The molecule has 1 fully saturated rings. The fourth-order valence-electron chi connectivity index (χ4n) is 2.89. The molecule has 3 aromatic rings. The molecule has 1 saturated heterocycles. The molecule has 0 atom stereocenters. The molecule has 0 aliphatic carbocycles. The maximum Gasteiger partial charge on any atom is 0.269 e. The lowest BCUT2D eigenvalue weighted by Gasteiger charge is -2.26. The second kappa shape index (κ2) is 8.09. The fraction of sp³-hybridized carbons (Fsp3) is 0.263. The van der Waals surface area contributed by atoms with E-state index in [0.717, 1.165) is 37.4 Å². The Morgan fingerprint density at radius 2 is 1.71 bits per heavy atom. The topological polar surface area (TPSA) is 97.2 Å². The molecule has 1 aliphatic rings. The van der Waals surface area contributed by atoms with E-state index in [2.05, 4.69) is 38.5 Å². The lowest BCUT2D eigenvalue weighted by molar-refractivity contribution is -0.384. The van der Waals surface area contributed by atoms with Crippen LogP contribution in [0.2, 0.25) is 0 Å². The van der Waals surface area contributed by atoms with Gasteiger partial charge in [-0.2, -0.15) is 0 Å². The largest absolute Gasteiger partial charge is 0.379 e. The van der Waals surface area contributed by atoms with Gasteiger partial charge in [0.2, 0.25) is 0 Å². The van der Waals surface area contributed by atoms with E-state index in [0.29, 0.717) is 11.6 Å². The molecular weight excluding hydrogens is 378 g/mol. The first-order valence-electron chi connectivity index (χ1n) is 8.89. The van der Waals surface area contributed by atoms with Crippen molar-refractivity contribution in [2.75, 3.05) is 26.3 Å². The number of nitro benzene ring substituents is 1. The number of nitro groups is 1. The summed E-state index contributed by atoms with van der Waals surface area (Å²) in [6.45, 7) is 5.41. The highest BCUT2D eigenvalue weighted by atomic mass is 32.2. The second-order valence-corrected chi connectivity index (χ2v) is 7.58. The van der Waals surface area contributed by atoms with E-state index >= 15 is 0 Å². The number of aryl methyl sites for hydroxylation is 1. The lowest BCUT2D eigenvalue weighted by Crippen LogP contribution is -2.30. The predicted molar refractivity (Wildman–Crippen MR) is 107 cm³/mol. The van der Waals surface area contributed by atoms with E-state index in [9.17, 15) is 10.1 Å². The zero-order valence-corrected chi connectivity index (χ0v) is 16.1. The van der Waals surface area contributed by atoms with Gasteiger partial charge in [-0.05, 0) is 42.6 Å². The number of nitrogens with zero attached hydrogens (tertiary/aromatic N) is 4. The van der Waals surface area contributed by atoms with Crippen LogP contribution in [0.5, 0.6) is 0 Å². The number of rotatable bonds is 5. The van der Waals surface area contributed by atoms with Crippen LogP contribution in [-0.4, -0.2) is 50.7 Å². The van der Waals surface area contributed by atoms with Gasteiger partial charge in [-0.25, -0.2) is 4.31 Å². The Bertz CT molecular complexity index is 983. The third kappa shape index (κ3) is 4.06. The van der Waals surface area contributed by atoms with Gasteiger partial charge in [-0.1, -0.05) is 12.1 Å². The van der Waals surface area contributed by atoms with E-state index in [1.165, 1.54) is 22.6 Å². The van der Waals surface area contributed by atoms with Crippen molar-refractivity contribution in [1.82, 2.24) is 19.5 Å². The highest BCUT2D eigenvalue weighted by molar-refractivity contribution is 7.97. The van der Waals surface area contributed by atoms with E-state index in [1.54, 1.807) is 24.1 Å². The van der Waals surface area contributed by atoms with Gasteiger partial charge in [0.15, 0.2) is 11.6 Å². The molecule has 8 nitrogen and oxygen atoms in total. The number of aromatic nitrogens is 3. The summed E-state index contributed by atoms with van der Waals surface area (Å²) < 4.78 is 7.71. The summed E-state index contributed by atoms with van der Waals surface area (Å²) >= 11 is 1.73. The molecule has 1 aliphatic heterocycles. The zero-order valence-electron chi connectivity index (χ0n) is 15.3. The third-order valence-electron chi connectivity index (χ3n) is 4.50. The smallest absolute Gasteiger partial charge is 0.269 e. The molecule has 0 amide bonds. The van der Waals surface area contributed by atoms with E-state index in [1.807, 2.05) is 6.07 Å². The molecule has 1 N–H and O–H groups in total. The normalized spacial score (nSPS) is 14.9. The van der Waals surface area contributed by atoms with E-state index in [4.69, 9.17) is 4.74 Å². The van der Waals surface area contributed by atoms with E-state index in [-0.39, 0.29) is 5.69 Å². The molecule has 4 rings (SSSR count). The monoisotopic (exact) mass is 397 g/mol. The van der Waals surface area contributed by atoms with Crippen LogP contribution >= 0.6 is 11.9 Å². The lowest BCUT2D eigenvalue weighted by atomic mass is 10.1. The van der Waals surface area contributed by atoms with Crippen LogP contribution in [0.4, 0.5) is 5.69 Å². The van der Waals surface area contributed by atoms with Gasteiger partial charge in [0.1, 0.15) is 0 Å². The van der Waals surface area contributed by atoms with Gasteiger partial charge in [-0.3, -0.25) is 10.1 Å². The number of morpholine rings is 1. The maximum atomic E-state index is 10.8. The molecule has 0 spiro atoms. The molecule has 28 heavy (non-hydrogen) atoms. The minimum absolute atomic E-state index is 0.0480. The summed E-state index contributed by atoms with van der Waals surface area (Å²) in [4.78, 5) is 14.8. The Morgan fingerprint density at radius 3 is 2.39 bits per heavy atom. The van der Waals surface area contributed by atoms with Crippen molar-refractivity contribution in [3.63, 3.8) is 0 Å². The molecular formula is C19H19N5O3S. The molecule has 2 heterocycles. The summed E-state index contributed by atoms with van der Waals surface area (Å²) in [7, 11) is 0. The number of non-ortho nitro benzene ring substituents is 1. The van der Waals surface area contributed by atoms with Crippen LogP contribution in [0.15, 0.2) is 47.4 Å². The fourth-order valence-corrected chi connectivity index (χ4v) is 3.89. The Labute approximate surface area is 166 Å². The number of benzene rings is 2. The van der Waals surface area contributed by atoms with Crippen LogP contribution in [0.25, 0.3) is 22.8 Å². The minimum Gasteiger partial charge on any atom is -0.379 e. The second-order valence-electron chi connectivity index (χ2n) is 6.44. The Hall–Kier alpha value is -2.75. The van der Waals surface area contributed by atoms with Gasteiger partial charge < -0.3 is 9.72 Å². The van der Waals surface area contributed by atoms with Crippen molar-refractivity contribution < 1.29 is 9.66 Å². The average Bonchev–Trinajstić information content (AvgIpc) is 3.21. The molecule has 0 saturated carbocycles. The standard InChI is InChI=1S/C19H19N5O3S/c1-13-2-3-15(12-17(13)28-23-8-10-27-11-9-23)19-20-18(21-22-19)14-4-6-16(7-5-14)24(25)26/h2-7,12H,8-11H2,1H3,(H,20,21,22). The van der Waals surface area contributed by atoms with Gasteiger partial charge in [-0.15, -0.1) is 10.2 Å². The van der Waals surface area contributed by atoms with E-state index < -0.39 is 4.92 Å². The average molecular weight is 397 g/mol. The molecule has 0 unspecified atom stereocenters. The molecule has 9 heteroatoms. The van der Waals surface area contributed by atoms with Gasteiger partial charge in [0, 0.05) is 41.2 Å². The number of hydrogen-bond acceptors (Lipinski definition) is 7. The van der Waals surface area contributed by atoms with Crippen LogP contribution in [0.3, 0.4) is 0 Å². The highest BCUT2D eigenvalue weighted by Crippen LogP contribution is 2.31. The summed E-state index contributed by atoms with van der Waals surface area (Å²) in [6, 6.07) is 12.4. The first-order chi connectivity index (χ1) is 13.6. The van der Waals surface area contributed by atoms with Crippen LogP contribution in [-0.2, 0) is 4.74 Å². The Morgan fingerprint density at radius 1 is 1.07 bits per heavy atom. The first-order valence-corrected chi connectivity index (χ1v) is 9.67. The summed E-state index contributed by atoms with van der Waals surface area (Å²) in [5, 5.41) is 19.2. The van der Waals surface area contributed by atoms with Crippen molar-refractivity contribution in [1.29, 1.82) is 0 Å². The summed E-state index contributed by atoms with van der Waals surface area (Å²) in [6.07, 6.45) is 0. The van der Waals surface area contributed by atoms with Crippen molar-refractivity contribution >= 4 is 17.6 Å². The minimum atomic E-state index is -0.421. The van der Waals surface area contributed by atoms with Crippen molar-refractivity contribution in [3.8, 4) is 22.8 Å². The molecule has 144 valence electrons. The quantitative estimate of drug-likeness (QED) is 0.398. The molecule has 1 aromatic heterocycles. The zero-order chi connectivity index (χ0) is 19.5. The SMILES string of the molecule is Cc1ccc(-c2nnc(-c3ccc([N+](=O)[O-])cc3)[nH]2)cc1SN1CCOCC1. The first kappa shape index (κ1) is 18.6. The van der Waals surface area contributed by atoms with Crippen molar-refractivity contribution in [2.24, 2.45) is 0 Å². The van der Waals surface area contributed by atoms with Gasteiger partial charge >= 0.3 is 0 Å². The maximum absolute atomic E-state index is 10.8. The molecule has 0 bridgehead atoms. The Balaban J connectivity index is 1.56. The summed E-state index contributed by atoms with van der Waals surface area (Å²) in [5.74, 6) is 1.24. The number of aromatic amines is 1. The summed E-state index contributed by atoms with van der Waals surface area (Å²) in [5.41, 5.74) is 2.95. The van der Waals surface area contributed by atoms with Crippen LogP contribution < -0.4 is 0 Å². The third-order valence-corrected chi connectivity index (χ3v) is 5.76. The van der Waals surface area contributed by atoms with Gasteiger partial charge in [0.25, 0.3) is 5.69 Å². The van der Waals surface area contributed by atoms with Gasteiger partial charge in [0.05, 0.1) is 18.1 Å². The predicted octanol–water partition coefficient (Wildman–Crippen LogP) is 3.69. The van der Waals surface area contributed by atoms with Crippen molar-refractivity contribution in [3.05, 3.63) is 58.1 Å². The number of nitrogens with one attached hydrogen (secondary N) is 1. The molecule has 2 aromatic carbocycles. The number of hydrogen-bond donors (Lipinski definition) is 1. The molecule has 0 radical (unpaired) electrons. The Kier molecular flexibility index (Phi) is 5.38. The van der Waals surface area contributed by atoms with Crippen LogP contribution in [0.1, 0.15) is 5.56 Å². The van der Waals surface area contributed by atoms with Crippen LogP contribution in [0, 0.1) is 17.0 Å². The highest BCUT2D eigenvalue weighted by Gasteiger charge is 2.15.